The van der Waals surface area contributed by atoms with Gasteiger partial charge in [-0.05, 0) is 25.7 Å². The van der Waals surface area contributed by atoms with Crippen LogP contribution in [0, 0.1) is 5.92 Å². The minimum atomic E-state index is -0.364. The number of β-lactam (4-membered cyclic amide) rings is 1. The lowest BCUT2D eigenvalue weighted by Crippen LogP contribution is -2.51. The van der Waals surface area contributed by atoms with E-state index in [4.69, 9.17) is 4.74 Å². The van der Waals surface area contributed by atoms with E-state index in [0.717, 1.165) is 18.8 Å². The van der Waals surface area contributed by atoms with Crippen LogP contribution >= 0.6 is 0 Å². The molecule has 1 saturated carbocycles. The number of hydrogen-bond donors (Lipinski definition) is 1. The Hall–Kier alpha value is -1.13. The zero-order valence-electron chi connectivity index (χ0n) is 12.9. The van der Waals surface area contributed by atoms with Crippen LogP contribution in [-0.4, -0.2) is 47.8 Å². The molecule has 4 nitrogen and oxygen atoms in total. The number of likely N-dealkylation sites (tertiary alicyclic amines) is 1. The molecular formula is C17H27NO3. The van der Waals surface area contributed by atoms with E-state index in [2.05, 4.69) is 0 Å². The Labute approximate surface area is 127 Å². The predicted molar refractivity (Wildman–Crippen MR) is 82.9 cm³/mol. The van der Waals surface area contributed by atoms with Gasteiger partial charge in [0.2, 0.25) is 5.91 Å². The van der Waals surface area contributed by atoms with Crippen molar-refractivity contribution in [3.05, 3.63) is 24.3 Å². The molecule has 2 fully saturated rings. The highest BCUT2D eigenvalue weighted by Crippen LogP contribution is 2.34. The Bertz CT molecular complexity index is 387. The van der Waals surface area contributed by atoms with E-state index < -0.39 is 0 Å². The summed E-state index contributed by atoms with van der Waals surface area (Å²) in [7, 11) is 0. The van der Waals surface area contributed by atoms with Gasteiger partial charge in [-0.1, -0.05) is 37.1 Å². The van der Waals surface area contributed by atoms with Crippen LogP contribution in [0.25, 0.3) is 0 Å². The van der Waals surface area contributed by atoms with Gasteiger partial charge in [0, 0.05) is 13.2 Å². The van der Waals surface area contributed by atoms with Gasteiger partial charge in [-0.15, -0.1) is 0 Å². The molecule has 1 heterocycles. The molecule has 0 aromatic rings. The first-order chi connectivity index (χ1) is 10.2. The first-order valence-corrected chi connectivity index (χ1v) is 8.09. The molecule has 2 rings (SSSR count). The van der Waals surface area contributed by atoms with Crippen LogP contribution in [0.2, 0.25) is 0 Å². The standard InChI is InChI=1S/C17H27NO3/c1-2-21-12-4-3-11-18-15(13-17(18)20)8-10-16(19)9-7-14-5-6-14/h3-4,8,10,14-16,19H,2,5-7,9,11-13H2,1H3/b4-3-,10-8+. The number of aliphatic hydroxyl groups excluding tert-OH is 1. The van der Waals surface area contributed by atoms with Crippen LogP contribution in [0.15, 0.2) is 24.3 Å². The molecule has 1 saturated heterocycles. The Morgan fingerprint density at radius 1 is 1.43 bits per heavy atom. The number of ether oxygens (including phenoxy) is 1. The van der Waals surface area contributed by atoms with Crippen LogP contribution in [0.1, 0.15) is 39.0 Å². The van der Waals surface area contributed by atoms with Crippen molar-refractivity contribution in [2.24, 2.45) is 5.92 Å². The van der Waals surface area contributed by atoms with E-state index in [1.807, 2.05) is 36.1 Å². The van der Waals surface area contributed by atoms with E-state index in [0.29, 0.717) is 26.2 Å². The van der Waals surface area contributed by atoms with E-state index in [1.54, 1.807) is 0 Å². The number of carbonyl (C=O) groups is 1. The van der Waals surface area contributed by atoms with Gasteiger partial charge in [-0.2, -0.15) is 0 Å². The molecule has 4 heteroatoms. The topological polar surface area (TPSA) is 49.8 Å². The molecule has 2 aliphatic rings. The Morgan fingerprint density at radius 3 is 2.90 bits per heavy atom. The van der Waals surface area contributed by atoms with Crippen molar-refractivity contribution in [2.45, 2.75) is 51.2 Å². The molecule has 1 aliphatic carbocycles. The first kappa shape index (κ1) is 16.2. The van der Waals surface area contributed by atoms with E-state index in [9.17, 15) is 9.90 Å². The smallest absolute Gasteiger partial charge is 0.225 e. The van der Waals surface area contributed by atoms with Gasteiger partial charge >= 0.3 is 0 Å². The molecule has 1 aliphatic heterocycles. The molecule has 0 spiro atoms. The van der Waals surface area contributed by atoms with E-state index in [1.165, 1.54) is 12.8 Å². The fraction of sp³-hybridized carbons (Fsp3) is 0.706. The maximum Gasteiger partial charge on any atom is 0.225 e. The second-order valence-electron chi connectivity index (χ2n) is 5.92. The number of amides is 1. The maximum absolute atomic E-state index is 11.6. The quantitative estimate of drug-likeness (QED) is 0.382. The van der Waals surface area contributed by atoms with Gasteiger partial charge < -0.3 is 14.7 Å². The lowest BCUT2D eigenvalue weighted by atomic mass is 10.00. The zero-order valence-corrected chi connectivity index (χ0v) is 12.9. The highest BCUT2D eigenvalue weighted by atomic mass is 16.5. The largest absolute Gasteiger partial charge is 0.389 e. The molecule has 2 atom stereocenters. The zero-order chi connectivity index (χ0) is 15.1. The number of rotatable bonds is 10. The third kappa shape index (κ3) is 5.64. The van der Waals surface area contributed by atoms with Crippen LogP contribution in [0.4, 0.5) is 0 Å². The minimum Gasteiger partial charge on any atom is -0.389 e. The second kappa shape index (κ2) is 8.35. The average molecular weight is 293 g/mol. The molecule has 2 unspecified atom stereocenters. The minimum absolute atomic E-state index is 0.143. The van der Waals surface area contributed by atoms with Crippen LogP contribution in [-0.2, 0) is 9.53 Å². The summed E-state index contributed by atoms with van der Waals surface area (Å²) in [5, 5.41) is 9.90. The van der Waals surface area contributed by atoms with Crippen molar-refractivity contribution in [3.8, 4) is 0 Å². The number of aliphatic hydroxyl groups is 1. The molecule has 0 radical (unpaired) electrons. The van der Waals surface area contributed by atoms with Gasteiger partial charge in [0.15, 0.2) is 0 Å². The average Bonchev–Trinajstić information content (AvgIpc) is 3.28. The Balaban J connectivity index is 1.66. The number of nitrogens with zero attached hydrogens (tertiary/aromatic N) is 1. The summed E-state index contributed by atoms with van der Waals surface area (Å²) in [5.41, 5.74) is 0. The van der Waals surface area contributed by atoms with Crippen molar-refractivity contribution < 1.29 is 14.6 Å². The van der Waals surface area contributed by atoms with Crippen molar-refractivity contribution in [3.63, 3.8) is 0 Å². The van der Waals surface area contributed by atoms with Gasteiger partial charge in [-0.25, -0.2) is 0 Å². The van der Waals surface area contributed by atoms with Crippen LogP contribution < -0.4 is 0 Å². The first-order valence-electron chi connectivity index (χ1n) is 8.09. The lowest BCUT2D eigenvalue weighted by molar-refractivity contribution is -0.142. The molecule has 1 amide bonds. The van der Waals surface area contributed by atoms with Gasteiger partial charge in [0.05, 0.1) is 25.2 Å². The normalized spacial score (nSPS) is 24.0. The monoisotopic (exact) mass is 293 g/mol. The summed E-state index contributed by atoms with van der Waals surface area (Å²) in [6.07, 6.45) is 12.6. The van der Waals surface area contributed by atoms with Crippen molar-refractivity contribution in [1.29, 1.82) is 0 Å². The van der Waals surface area contributed by atoms with Gasteiger partial charge in [-0.3, -0.25) is 4.79 Å². The molecule has 0 aromatic heterocycles. The predicted octanol–water partition coefficient (Wildman–Crippen LogP) is 2.29. The number of hydrogen-bond acceptors (Lipinski definition) is 3. The van der Waals surface area contributed by atoms with Crippen LogP contribution in [0.5, 0.6) is 0 Å². The van der Waals surface area contributed by atoms with Gasteiger partial charge in [0.25, 0.3) is 0 Å². The lowest BCUT2D eigenvalue weighted by Gasteiger charge is -2.38. The molecular weight excluding hydrogens is 266 g/mol. The maximum atomic E-state index is 11.6. The molecule has 21 heavy (non-hydrogen) atoms. The molecule has 118 valence electrons. The van der Waals surface area contributed by atoms with E-state index in [-0.39, 0.29) is 18.1 Å². The summed E-state index contributed by atoms with van der Waals surface area (Å²) in [6, 6.07) is 0.143. The van der Waals surface area contributed by atoms with Crippen molar-refractivity contribution in [1.82, 2.24) is 4.90 Å². The fourth-order valence-corrected chi connectivity index (χ4v) is 2.50. The van der Waals surface area contributed by atoms with Crippen molar-refractivity contribution in [2.75, 3.05) is 19.8 Å². The van der Waals surface area contributed by atoms with E-state index >= 15 is 0 Å². The SMILES string of the molecule is CCOC/C=C\CN1C(=O)CC1/C=C/C(O)CCC1CC1. The molecule has 0 bridgehead atoms. The Kier molecular flexibility index (Phi) is 6.46. The summed E-state index contributed by atoms with van der Waals surface area (Å²) < 4.78 is 5.21. The van der Waals surface area contributed by atoms with Crippen LogP contribution in [0.3, 0.4) is 0 Å². The molecule has 0 aromatic carbocycles. The third-order valence-corrected chi connectivity index (χ3v) is 4.11. The third-order valence-electron chi connectivity index (χ3n) is 4.11. The highest BCUT2D eigenvalue weighted by molar-refractivity contribution is 5.84. The van der Waals surface area contributed by atoms with Gasteiger partial charge in [0.1, 0.15) is 0 Å². The van der Waals surface area contributed by atoms with Crippen molar-refractivity contribution >= 4 is 5.91 Å². The summed E-state index contributed by atoms with van der Waals surface area (Å²) in [5.74, 6) is 1.03. The second-order valence-corrected chi connectivity index (χ2v) is 5.92. The Morgan fingerprint density at radius 2 is 2.24 bits per heavy atom. The summed E-state index contributed by atoms with van der Waals surface area (Å²) >= 11 is 0. The highest BCUT2D eigenvalue weighted by Gasteiger charge is 2.33. The fourth-order valence-electron chi connectivity index (χ4n) is 2.50. The summed E-state index contributed by atoms with van der Waals surface area (Å²) in [4.78, 5) is 13.4. The summed E-state index contributed by atoms with van der Waals surface area (Å²) in [6.45, 7) is 3.89. The molecule has 1 N–H and O–H groups in total. The number of carbonyl (C=O) groups excluding carboxylic acids is 1.